The Morgan fingerprint density at radius 2 is 2.04 bits per heavy atom. The van der Waals surface area contributed by atoms with Crippen molar-refractivity contribution in [2.45, 2.75) is 25.9 Å². The number of hydrogen-bond acceptors (Lipinski definition) is 3. The highest BCUT2D eigenvalue weighted by molar-refractivity contribution is 6.30. The van der Waals surface area contributed by atoms with Crippen LogP contribution in [0.5, 0.6) is 0 Å². The highest BCUT2D eigenvalue weighted by Crippen LogP contribution is 2.42. The zero-order valence-corrected chi connectivity index (χ0v) is 15.7. The highest BCUT2D eigenvalue weighted by Gasteiger charge is 2.35. The Bertz CT molecular complexity index is 1030. The lowest BCUT2D eigenvalue weighted by molar-refractivity contribution is 0.114. The van der Waals surface area contributed by atoms with Crippen molar-refractivity contribution < 1.29 is 5.11 Å². The van der Waals surface area contributed by atoms with Gasteiger partial charge in [0.05, 0.1) is 17.6 Å². The minimum absolute atomic E-state index is 0.644. The van der Waals surface area contributed by atoms with E-state index in [-0.39, 0.29) is 0 Å². The van der Waals surface area contributed by atoms with Crippen molar-refractivity contribution in [1.82, 2.24) is 14.5 Å². The number of pyridine rings is 1. The monoisotopic (exact) mass is 365 g/mol. The van der Waals surface area contributed by atoms with Crippen molar-refractivity contribution in [1.29, 1.82) is 0 Å². The molecule has 3 aromatic rings. The summed E-state index contributed by atoms with van der Waals surface area (Å²) in [6, 6.07) is 9.76. The average molecular weight is 366 g/mol. The lowest BCUT2D eigenvalue weighted by atomic mass is 9.84. The van der Waals surface area contributed by atoms with Crippen LogP contribution in [-0.2, 0) is 19.1 Å². The number of aromatic nitrogens is 3. The van der Waals surface area contributed by atoms with Gasteiger partial charge in [0.2, 0.25) is 0 Å². The fourth-order valence-corrected chi connectivity index (χ4v) is 3.76. The standard InChI is InChI=1S/C21H20ClN3O/c1-13-24-12-20(25(13)3)21(2,26)18-9-15-5-4-8-23-19(15)10-14-6-7-16(22)11-17(14)18/h4-9,11-12,26H,10H2,1-3H3. The molecule has 1 atom stereocenters. The molecular formula is C21H20ClN3O. The maximum absolute atomic E-state index is 11.6. The minimum Gasteiger partial charge on any atom is -0.379 e. The maximum Gasteiger partial charge on any atom is 0.129 e. The Labute approximate surface area is 157 Å². The number of aryl methyl sites for hydroxylation is 1. The molecule has 0 bridgehead atoms. The first-order valence-electron chi connectivity index (χ1n) is 8.54. The fraction of sp³-hybridized carbons (Fsp3) is 0.238. The number of nitrogens with zero attached hydrogens (tertiary/aromatic N) is 3. The van der Waals surface area contributed by atoms with Crippen LogP contribution < -0.4 is 0 Å². The number of hydrogen-bond donors (Lipinski definition) is 1. The van der Waals surface area contributed by atoms with Crippen LogP contribution >= 0.6 is 11.6 Å². The summed E-state index contributed by atoms with van der Waals surface area (Å²) in [5.41, 5.74) is 4.34. The predicted molar refractivity (Wildman–Crippen MR) is 104 cm³/mol. The van der Waals surface area contributed by atoms with E-state index in [0.29, 0.717) is 11.4 Å². The number of rotatable bonds is 2. The second-order valence-corrected chi connectivity index (χ2v) is 7.33. The molecule has 1 aliphatic carbocycles. The van der Waals surface area contributed by atoms with E-state index in [9.17, 15) is 5.11 Å². The first-order chi connectivity index (χ1) is 12.4. The lowest BCUT2D eigenvalue weighted by Gasteiger charge is -2.28. The van der Waals surface area contributed by atoms with Crippen LogP contribution in [-0.4, -0.2) is 19.6 Å². The Morgan fingerprint density at radius 3 is 2.77 bits per heavy atom. The number of fused-ring (bicyclic) bond motifs is 2. The molecule has 1 aromatic carbocycles. The Balaban J connectivity index is 2.00. The van der Waals surface area contributed by atoms with E-state index in [0.717, 1.165) is 39.5 Å². The summed E-state index contributed by atoms with van der Waals surface area (Å²) in [5.74, 6) is 0.850. The molecule has 26 heavy (non-hydrogen) atoms. The van der Waals surface area contributed by atoms with Crippen molar-refractivity contribution >= 4 is 23.3 Å². The van der Waals surface area contributed by atoms with Crippen LogP contribution in [0.25, 0.3) is 11.6 Å². The Morgan fingerprint density at radius 1 is 1.23 bits per heavy atom. The smallest absolute Gasteiger partial charge is 0.129 e. The van der Waals surface area contributed by atoms with Gasteiger partial charge in [-0.3, -0.25) is 4.98 Å². The number of imidazole rings is 1. The van der Waals surface area contributed by atoms with Crippen LogP contribution in [0, 0.1) is 6.92 Å². The van der Waals surface area contributed by atoms with E-state index in [1.165, 1.54) is 0 Å². The first kappa shape index (κ1) is 17.0. The molecule has 0 saturated carbocycles. The molecule has 0 spiro atoms. The molecule has 132 valence electrons. The minimum atomic E-state index is -1.23. The summed E-state index contributed by atoms with van der Waals surface area (Å²) >= 11 is 6.30. The van der Waals surface area contributed by atoms with E-state index in [2.05, 4.69) is 9.97 Å². The van der Waals surface area contributed by atoms with Crippen molar-refractivity contribution in [2.75, 3.05) is 0 Å². The molecular weight excluding hydrogens is 346 g/mol. The number of aliphatic hydroxyl groups is 1. The maximum atomic E-state index is 11.6. The number of halogens is 1. The van der Waals surface area contributed by atoms with Crippen molar-refractivity contribution in [3.8, 4) is 0 Å². The Hall–Kier alpha value is -2.43. The molecule has 0 fully saturated rings. The summed E-state index contributed by atoms with van der Waals surface area (Å²) in [7, 11) is 1.91. The second kappa shape index (κ2) is 6.08. The van der Waals surface area contributed by atoms with Gasteiger partial charge in [0.15, 0.2) is 0 Å². The summed E-state index contributed by atoms with van der Waals surface area (Å²) in [4.78, 5) is 8.89. The molecule has 0 saturated heterocycles. The molecule has 0 amide bonds. The van der Waals surface area contributed by atoms with Gasteiger partial charge < -0.3 is 9.67 Å². The third-order valence-corrected chi connectivity index (χ3v) is 5.42. The molecule has 2 aromatic heterocycles. The molecule has 0 radical (unpaired) electrons. The van der Waals surface area contributed by atoms with E-state index in [4.69, 9.17) is 11.6 Å². The second-order valence-electron chi connectivity index (χ2n) is 6.90. The van der Waals surface area contributed by atoms with Gasteiger partial charge in [-0.2, -0.15) is 0 Å². The van der Waals surface area contributed by atoms with Gasteiger partial charge in [0.1, 0.15) is 11.4 Å². The average Bonchev–Trinajstić information content (AvgIpc) is 2.86. The SMILES string of the molecule is Cc1ncc(C(C)(O)C2=Cc3cccnc3Cc3ccc(Cl)cc32)n1C. The van der Waals surface area contributed by atoms with Gasteiger partial charge in [-0.05, 0) is 60.4 Å². The Kier molecular flexibility index (Phi) is 3.98. The summed E-state index contributed by atoms with van der Waals surface area (Å²) in [6.07, 6.45) is 6.25. The van der Waals surface area contributed by atoms with Gasteiger partial charge in [0, 0.05) is 24.7 Å². The molecule has 2 heterocycles. The van der Waals surface area contributed by atoms with Crippen LogP contribution in [0.4, 0.5) is 0 Å². The summed E-state index contributed by atoms with van der Waals surface area (Å²) < 4.78 is 1.92. The van der Waals surface area contributed by atoms with Crippen LogP contribution in [0.2, 0.25) is 5.02 Å². The molecule has 1 unspecified atom stereocenters. The fourth-order valence-electron chi connectivity index (χ4n) is 3.59. The quantitative estimate of drug-likeness (QED) is 0.742. The van der Waals surface area contributed by atoms with Crippen molar-refractivity contribution in [3.05, 3.63) is 81.7 Å². The van der Waals surface area contributed by atoms with Crippen LogP contribution in [0.1, 0.15) is 40.8 Å². The topological polar surface area (TPSA) is 50.9 Å². The zero-order chi connectivity index (χ0) is 18.5. The molecule has 4 rings (SSSR count). The third-order valence-electron chi connectivity index (χ3n) is 5.19. The molecule has 4 nitrogen and oxygen atoms in total. The highest BCUT2D eigenvalue weighted by atomic mass is 35.5. The normalized spacial score (nSPS) is 15.5. The van der Waals surface area contributed by atoms with E-state index >= 15 is 0 Å². The van der Waals surface area contributed by atoms with Crippen LogP contribution in [0.3, 0.4) is 0 Å². The first-order valence-corrected chi connectivity index (χ1v) is 8.92. The molecule has 5 heteroatoms. The van der Waals surface area contributed by atoms with Gasteiger partial charge in [-0.15, -0.1) is 0 Å². The van der Waals surface area contributed by atoms with Gasteiger partial charge >= 0.3 is 0 Å². The molecule has 1 aliphatic rings. The summed E-state index contributed by atoms with van der Waals surface area (Å²) in [5, 5.41) is 12.2. The van der Waals surface area contributed by atoms with E-state index in [1.54, 1.807) is 19.3 Å². The van der Waals surface area contributed by atoms with Gasteiger partial charge in [-0.1, -0.05) is 23.7 Å². The lowest BCUT2D eigenvalue weighted by Crippen LogP contribution is -2.26. The largest absolute Gasteiger partial charge is 0.379 e. The van der Waals surface area contributed by atoms with Crippen LogP contribution in [0.15, 0.2) is 42.7 Å². The van der Waals surface area contributed by atoms with Gasteiger partial charge in [-0.25, -0.2) is 4.98 Å². The van der Waals surface area contributed by atoms with Crippen molar-refractivity contribution in [2.24, 2.45) is 7.05 Å². The predicted octanol–water partition coefficient (Wildman–Crippen LogP) is 4.13. The molecule has 0 aliphatic heterocycles. The van der Waals surface area contributed by atoms with Gasteiger partial charge in [0.25, 0.3) is 0 Å². The van der Waals surface area contributed by atoms with E-state index < -0.39 is 5.60 Å². The zero-order valence-electron chi connectivity index (χ0n) is 15.0. The third kappa shape index (κ3) is 2.66. The molecule has 1 N–H and O–H groups in total. The summed E-state index contributed by atoms with van der Waals surface area (Å²) in [6.45, 7) is 3.73. The van der Waals surface area contributed by atoms with E-state index in [1.807, 2.05) is 54.9 Å². The van der Waals surface area contributed by atoms with Crippen molar-refractivity contribution in [3.63, 3.8) is 0 Å². The number of benzene rings is 1.